The van der Waals surface area contributed by atoms with E-state index in [2.05, 4.69) is 39.5 Å². The van der Waals surface area contributed by atoms with E-state index < -0.39 is 0 Å². The number of hydrogen-bond acceptors (Lipinski definition) is 4. The normalized spacial score (nSPS) is 14.1. The van der Waals surface area contributed by atoms with Crippen LogP contribution in [0.2, 0.25) is 0 Å². The third kappa shape index (κ3) is 3.26. The van der Waals surface area contributed by atoms with Crippen LogP contribution in [0, 0.1) is 5.82 Å². The minimum atomic E-state index is -0.255. The van der Waals surface area contributed by atoms with Gasteiger partial charge in [-0.1, -0.05) is 18.2 Å². The Balaban J connectivity index is 1.49. The van der Waals surface area contributed by atoms with Gasteiger partial charge in [0.05, 0.1) is 5.69 Å². The zero-order valence-corrected chi connectivity index (χ0v) is 14.0. The first-order valence-electron chi connectivity index (χ1n) is 8.11. The Morgan fingerprint density at radius 3 is 2.58 bits per heavy atom. The number of thiazole rings is 1. The van der Waals surface area contributed by atoms with Gasteiger partial charge < -0.3 is 10.2 Å². The van der Waals surface area contributed by atoms with Crippen molar-refractivity contribution in [2.45, 2.75) is 12.8 Å². The molecule has 0 amide bonds. The monoisotopic (exact) mass is 339 g/mol. The van der Waals surface area contributed by atoms with Crippen molar-refractivity contribution in [3.63, 3.8) is 0 Å². The van der Waals surface area contributed by atoms with E-state index in [4.69, 9.17) is 0 Å². The Morgan fingerprint density at radius 2 is 1.83 bits per heavy atom. The first-order valence-corrected chi connectivity index (χ1v) is 8.99. The van der Waals surface area contributed by atoms with Crippen LogP contribution in [-0.4, -0.2) is 18.1 Å². The number of halogens is 1. The molecule has 122 valence electrons. The maximum Gasteiger partial charge on any atom is 0.187 e. The second-order valence-electron chi connectivity index (χ2n) is 5.91. The fraction of sp³-hybridized carbons (Fsp3) is 0.211. The molecule has 1 aromatic heterocycles. The van der Waals surface area contributed by atoms with Gasteiger partial charge in [0.25, 0.3) is 0 Å². The summed E-state index contributed by atoms with van der Waals surface area (Å²) in [6.07, 6.45) is 2.56. The molecule has 1 fully saturated rings. The summed E-state index contributed by atoms with van der Waals surface area (Å²) in [7, 11) is 0. The number of rotatable bonds is 4. The molecule has 1 saturated heterocycles. The van der Waals surface area contributed by atoms with E-state index in [1.165, 1.54) is 42.0 Å². The average molecular weight is 339 g/mol. The Kier molecular flexibility index (Phi) is 4.17. The highest BCUT2D eigenvalue weighted by molar-refractivity contribution is 7.14. The lowest BCUT2D eigenvalue weighted by Gasteiger charge is -2.17. The highest BCUT2D eigenvalue weighted by atomic mass is 32.1. The number of benzene rings is 2. The molecule has 0 radical (unpaired) electrons. The predicted octanol–water partition coefficient (Wildman–Crippen LogP) is 5.29. The molecule has 1 aliphatic rings. The average Bonchev–Trinajstić information content (AvgIpc) is 3.27. The molecule has 3 aromatic rings. The van der Waals surface area contributed by atoms with Gasteiger partial charge in [-0.2, -0.15) is 0 Å². The lowest BCUT2D eigenvalue weighted by atomic mass is 10.1. The molecular weight excluding hydrogens is 321 g/mol. The Morgan fingerprint density at radius 1 is 1.04 bits per heavy atom. The van der Waals surface area contributed by atoms with Crippen LogP contribution in [0.25, 0.3) is 11.3 Å². The summed E-state index contributed by atoms with van der Waals surface area (Å²) in [6, 6.07) is 15.0. The minimum Gasteiger partial charge on any atom is -0.372 e. The molecular formula is C19H18FN3S. The van der Waals surface area contributed by atoms with E-state index in [0.29, 0.717) is 5.69 Å². The summed E-state index contributed by atoms with van der Waals surface area (Å²) >= 11 is 1.52. The summed E-state index contributed by atoms with van der Waals surface area (Å²) in [5, 5.41) is 5.93. The molecule has 4 rings (SSSR count). The summed E-state index contributed by atoms with van der Waals surface area (Å²) in [6.45, 7) is 2.30. The molecule has 0 bridgehead atoms. The summed E-state index contributed by atoms with van der Waals surface area (Å²) in [5.41, 5.74) is 4.03. The van der Waals surface area contributed by atoms with Crippen LogP contribution in [0.4, 0.5) is 20.9 Å². The molecule has 0 unspecified atom stereocenters. The molecule has 0 atom stereocenters. The lowest BCUT2D eigenvalue weighted by Crippen LogP contribution is -2.17. The topological polar surface area (TPSA) is 28.2 Å². The number of nitrogens with one attached hydrogen (secondary N) is 1. The predicted molar refractivity (Wildman–Crippen MR) is 98.7 cm³/mol. The molecule has 0 aliphatic carbocycles. The smallest absolute Gasteiger partial charge is 0.187 e. The number of aromatic nitrogens is 1. The lowest BCUT2D eigenvalue weighted by molar-refractivity contribution is 0.628. The SMILES string of the molecule is Fc1cccc(Nc2nc(-c3ccc(N4CCCC4)cc3)cs2)c1. The van der Waals surface area contributed by atoms with Gasteiger partial charge in [-0.15, -0.1) is 11.3 Å². The first-order chi connectivity index (χ1) is 11.8. The third-order valence-electron chi connectivity index (χ3n) is 4.21. The van der Waals surface area contributed by atoms with Gasteiger partial charge >= 0.3 is 0 Å². The van der Waals surface area contributed by atoms with E-state index in [-0.39, 0.29) is 5.82 Å². The van der Waals surface area contributed by atoms with Gasteiger partial charge in [-0.25, -0.2) is 9.37 Å². The molecule has 2 heterocycles. The van der Waals surface area contributed by atoms with E-state index in [1.54, 1.807) is 6.07 Å². The minimum absolute atomic E-state index is 0.255. The number of anilines is 3. The van der Waals surface area contributed by atoms with Crippen molar-refractivity contribution in [3.05, 3.63) is 59.7 Å². The summed E-state index contributed by atoms with van der Waals surface area (Å²) < 4.78 is 13.2. The maximum atomic E-state index is 13.2. The van der Waals surface area contributed by atoms with Crippen LogP contribution in [0.5, 0.6) is 0 Å². The molecule has 24 heavy (non-hydrogen) atoms. The van der Waals surface area contributed by atoms with Crippen LogP contribution in [0.3, 0.4) is 0 Å². The van der Waals surface area contributed by atoms with Crippen molar-refractivity contribution in [2.75, 3.05) is 23.3 Å². The van der Waals surface area contributed by atoms with Crippen molar-refractivity contribution in [2.24, 2.45) is 0 Å². The Labute approximate surface area is 144 Å². The highest BCUT2D eigenvalue weighted by Gasteiger charge is 2.12. The molecule has 2 aromatic carbocycles. The maximum absolute atomic E-state index is 13.2. The quantitative estimate of drug-likeness (QED) is 0.700. The van der Waals surface area contributed by atoms with Gasteiger partial charge in [0.15, 0.2) is 5.13 Å². The van der Waals surface area contributed by atoms with Crippen molar-refractivity contribution in [1.82, 2.24) is 4.98 Å². The summed E-state index contributed by atoms with van der Waals surface area (Å²) in [4.78, 5) is 7.02. The van der Waals surface area contributed by atoms with Crippen molar-refractivity contribution in [3.8, 4) is 11.3 Å². The second-order valence-corrected chi connectivity index (χ2v) is 6.77. The number of nitrogens with zero attached hydrogens (tertiary/aromatic N) is 2. The Hall–Kier alpha value is -2.40. The van der Waals surface area contributed by atoms with E-state index in [9.17, 15) is 4.39 Å². The Bertz CT molecular complexity index is 823. The van der Waals surface area contributed by atoms with Gasteiger partial charge in [0, 0.05) is 35.4 Å². The van der Waals surface area contributed by atoms with E-state index in [0.717, 1.165) is 29.5 Å². The number of hydrogen-bond donors (Lipinski definition) is 1. The van der Waals surface area contributed by atoms with Crippen molar-refractivity contribution < 1.29 is 4.39 Å². The van der Waals surface area contributed by atoms with Crippen LogP contribution >= 0.6 is 11.3 Å². The molecule has 0 saturated carbocycles. The highest BCUT2D eigenvalue weighted by Crippen LogP contribution is 2.29. The van der Waals surface area contributed by atoms with Gasteiger partial charge in [0.1, 0.15) is 5.82 Å². The molecule has 1 N–H and O–H groups in total. The van der Waals surface area contributed by atoms with Crippen LogP contribution in [0.15, 0.2) is 53.9 Å². The van der Waals surface area contributed by atoms with Gasteiger partial charge in [-0.3, -0.25) is 0 Å². The van der Waals surface area contributed by atoms with Crippen molar-refractivity contribution >= 4 is 27.8 Å². The van der Waals surface area contributed by atoms with Crippen LogP contribution in [0.1, 0.15) is 12.8 Å². The first kappa shape index (κ1) is 15.1. The molecule has 3 nitrogen and oxygen atoms in total. The zero-order valence-electron chi connectivity index (χ0n) is 13.2. The molecule has 1 aliphatic heterocycles. The largest absolute Gasteiger partial charge is 0.372 e. The fourth-order valence-corrected chi connectivity index (χ4v) is 3.71. The third-order valence-corrected chi connectivity index (χ3v) is 4.97. The molecule has 0 spiro atoms. The van der Waals surface area contributed by atoms with Gasteiger partial charge in [-0.05, 0) is 43.2 Å². The van der Waals surface area contributed by atoms with Crippen molar-refractivity contribution in [1.29, 1.82) is 0 Å². The van der Waals surface area contributed by atoms with E-state index >= 15 is 0 Å². The van der Waals surface area contributed by atoms with Crippen LogP contribution < -0.4 is 10.2 Å². The van der Waals surface area contributed by atoms with Crippen LogP contribution in [-0.2, 0) is 0 Å². The molecule has 5 heteroatoms. The second kappa shape index (κ2) is 6.61. The fourth-order valence-electron chi connectivity index (χ4n) is 2.97. The summed E-state index contributed by atoms with van der Waals surface area (Å²) in [5.74, 6) is -0.255. The standard InChI is InChI=1S/C19H18FN3S/c20-15-4-3-5-16(12-15)21-19-22-18(13-24-19)14-6-8-17(9-7-14)23-10-1-2-11-23/h3-9,12-13H,1-2,10-11H2,(H,21,22). The zero-order chi connectivity index (χ0) is 16.4. The van der Waals surface area contributed by atoms with E-state index in [1.807, 2.05) is 11.4 Å². The van der Waals surface area contributed by atoms with Gasteiger partial charge in [0.2, 0.25) is 0 Å².